The van der Waals surface area contributed by atoms with Crippen molar-refractivity contribution in [2.24, 2.45) is 0 Å². The van der Waals surface area contributed by atoms with Crippen LogP contribution in [0.3, 0.4) is 0 Å². The first-order chi connectivity index (χ1) is 11.9. The van der Waals surface area contributed by atoms with E-state index in [1.807, 2.05) is 38.1 Å². The molecule has 0 bridgehead atoms. The van der Waals surface area contributed by atoms with Crippen LogP contribution >= 0.6 is 23.2 Å². The number of amides is 1. The van der Waals surface area contributed by atoms with Crippen LogP contribution in [0.25, 0.3) is 0 Å². The summed E-state index contributed by atoms with van der Waals surface area (Å²) in [7, 11) is 0. The lowest BCUT2D eigenvalue weighted by molar-refractivity contribution is -0.146. The topological polar surface area (TPSA) is 55.4 Å². The lowest BCUT2D eigenvalue weighted by atomic mass is 10.0. The van der Waals surface area contributed by atoms with Gasteiger partial charge in [-0.05, 0) is 35.2 Å². The van der Waals surface area contributed by atoms with Crippen molar-refractivity contribution in [2.75, 3.05) is 11.9 Å². The number of anilines is 1. The van der Waals surface area contributed by atoms with Gasteiger partial charge in [-0.2, -0.15) is 0 Å². The molecule has 132 valence electrons. The molecular weight excluding hydrogens is 361 g/mol. The van der Waals surface area contributed by atoms with Crippen LogP contribution in [0.5, 0.6) is 0 Å². The number of hydrogen-bond donors (Lipinski definition) is 1. The summed E-state index contributed by atoms with van der Waals surface area (Å²) in [5, 5.41) is 3.65. The van der Waals surface area contributed by atoms with Gasteiger partial charge in [0.1, 0.15) is 0 Å². The number of rotatable bonds is 6. The van der Waals surface area contributed by atoms with E-state index in [0.717, 1.165) is 11.3 Å². The number of para-hydroxylation sites is 1. The zero-order valence-electron chi connectivity index (χ0n) is 14.0. The normalized spacial score (nSPS) is 10.6. The lowest BCUT2D eigenvalue weighted by Crippen LogP contribution is -2.22. The summed E-state index contributed by atoms with van der Waals surface area (Å²) in [4.78, 5) is 23.9. The maximum atomic E-state index is 12.0. The monoisotopic (exact) mass is 379 g/mol. The van der Waals surface area contributed by atoms with Crippen molar-refractivity contribution in [1.29, 1.82) is 0 Å². The maximum Gasteiger partial charge on any atom is 0.310 e. The molecule has 0 fully saturated rings. The molecule has 0 aliphatic rings. The molecule has 0 aromatic heterocycles. The van der Waals surface area contributed by atoms with E-state index in [1.54, 1.807) is 18.2 Å². The maximum absolute atomic E-state index is 12.0. The molecule has 6 heteroatoms. The third kappa shape index (κ3) is 5.76. The van der Waals surface area contributed by atoms with Crippen molar-refractivity contribution >= 4 is 40.8 Å². The highest BCUT2D eigenvalue weighted by Gasteiger charge is 2.13. The number of benzene rings is 2. The van der Waals surface area contributed by atoms with Crippen LogP contribution in [0.4, 0.5) is 5.69 Å². The number of nitrogens with one attached hydrogen (secondary N) is 1. The number of carbonyl (C=O) groups excluding carboxylic acids is 2. The van der Waals surface area contributed by atoms with E-state index in [2.05, 4.69) is 5.32 Å². The van der Waals surface area contributed by atoms with E-state index in [0.29, 0.717) is 15.6 Å². The summed E-state index contributed by atoms with van der Waals surface area (Å²) in [6.07, 6.45) is -0.0220. The molecule has 1 amide bonds. The van der Waals surface area contributed by atoms with Gasteiger partial charge in [0.25, 0.3) is 5.91 Å². The van der Waals surface area contributed by atoms with Gasteiger partial charge < -0.3 is 10.1 Å². The number of hydrogen-bond acceptors (Lipinski definition) is 3. The number of halogens is 2. The molecule has 0 heterocycles. The second-order valence-electron chi connectivity index (χ2n) is 5.86. The lowest BCUT2D eigenvalue weighted by Gasteiger charge is -2.13. The van der Waals surface area contributed by atoms with E-state index < -0.39 is 5.97 Å². The Hall–Kier alpha value is -2.04. The molecule has 0 atom stereocenters. The van der Waals surface area contributed by atoms with E-state index in [9.17, 15) is 9.59 Å². The molecule has 0 saturated heterocycles. The zero-order chi connectivity index (χ0) is 18.4. The second kappa shape index (κ2) is 8.88. The van der Waals surface area contributed by atoms with Gasteiger partial charge in [-0.1, -0.05) is 61.3 Å². The summed E-state index contributed by atoms with van der Waals surface area (Å²) in [5.41, 5.74) is 2.34. The molecule has 4 nitrogen and oxygen atoms in total. The third-order valence-electron chi connectivity index (χ3n) is 3.57. The minimum absolute atomic E-state index is 0.0220. The Morgan fingerprint density at radius 2 is 1.84 bits per heavy atom. The van der Waals surface area contributed by atoms with Crippen LogP contribution in [0, 0.1) is 0 Å². The van der Waals surface area contributed by atoms with Gasteiger partial charge in [0, 0.05) is 15.7 Å². The SMILES string of the molecule is CC(C)c1ccccc1NC(=O)COC(=O)Cc1ccc(Cl)cc1Cl. The van der Waals surface area contributed by atoms with Crippen LogP contribution < -0.4 is 5.32 Å². The molecule has 0 aliphatic carbocycles. The molecule has 0 unspecified atom stereocenters. The summed E-state index contributed by atoms with van der Waals surface area (Å²) in [6.45, 7) is 3.73. The van der Waals surface area contributed by atoms with E-state index in [-0.39, 0.29) is 24.9 Å². The predicted molar refractivity (Wildman–Crippen MR) is 100 cm³/mol. The molecule has 0 saturated carbocycles. The van der Waals surface area contributed by atoms with Gasteiger partial charge in [0.2, 0.25) is 0 Å². The fraction of sp³-hybridized carbons (Fsp3) is 0.263. The molecule has 0 aliphatic heterocycles. The fourth-order valence-corrected chi connectivity index (χ4v) is 2.79. The van der Waals surface area contributed by atoms with Crippen molar-refractivity contribution in [3.63, 3.8) is 0 Å². The van der Waals surface area contributed by atoms with Gasteiger partial charge in [0.15, 0.2) is 6.61 Å². The van der Waals surface area contributed by atoms with Crippen molar-refractivity contribution in [2.45, 2.75) is 26.2 Å². The zero-order valence-corrected chi connectivity index (χ0v) is 15.5. The highest BCUT2D eigenvalue weighted by molar-refractivity contribution is 6.35. The van der Waals surface area contributed by atoms with Crippen molar-refractivity contribution < 1.29 is 14.3 Å². The predicted octanol–water partition coefficient (Wildman–Crippen LogP) is 4.84. The quantitative estimate of drug-likeness (QED) is 0.730. The average Bonchev–Trinajstić information content (AvgIpc) is 2.56. The molecule has 1 N–H and O–H groups in total. The first-order valence-electron chi connectivity index (χ1n) is 7.85. The number of esters is 1. The minimum atomic E-state index is -0.531. The molecular formula is C19H19Cl2NO3. The van der Waals surface area contributed by atoms with E-state index in [1.165, 1.54) is 0 Å². The molecule has 25 heavy (non-hydrogen) atoms. The van der Waals surface area contributed by atoms with Crippen molar-refractivity contribution in [3.05, 3.63) is 63.6 Å². The van der Waals surface area contributed by atoms with Gasteiger partial charge in [-0.25, -0.2) is 0 Å². The first-order valence-corrected chi connectivity index (χ1v) is 8.60. The molecule has 0 radical (unpaired) electrons. The Morgan fingerprint density at radius 1 is 1.12 bits per heavy atom. The molecule has 0 spiro atoms. The highest BCUT2D eigenvalue weighted by Crippen LogP contribution is 2.24. The van der Waals surface area contributed by atoms with Crippen LogP contribution in [0.15, 0.2) is 42.5 Å². The van der Waals surface area contributed by atoms with Crippen LogP contribution in [-0.2, 0) is 20.7 Å². The third-order valence-corrected chi connectivity index (χ3v) is 4.16. The molecule has 2 rings (SSSR count). The summed E-state index contributed by atoms with van der Waals surface area (Å²) in [6, 6.07) is 12.4. The van der Waals surface area contributed by atoms with Gasteiger partial charge in [0.05, 0.1) is 6.42 Å². The number of ether oxygens (including phenoxy) is 1. The Balaban J connectivity index is 1.88. The summed E-state index contributed by atoms with van der Waals surface area (Å²) < 4.78 is 5.02. The first kappa shape index (κ1) is 19.3. The molecule has 2 aromatic carbocycles. The Labute approximate surface area is 157 Å². The van der Waals surface area contributed by atoms with E-state index in [4.69, 9.17) is 27.9 Å². The average molecular weight is 380 g/mol. The van der Waals surface area contributed by atoms with Crippen molar-refractivity contribution in [1.82, 2.24) is 0 Å². The Bertz CT molecular complexity index is 775. The summed E-state index contributed by atoms with van der Waals surface area (Å²) in [5.74, 6) is -0.647. The highest BCUT2D eigenvalue weighted by atomic mass is 35.5. The fourth-order valence-electron chi connectivity index (χ4n) is 2.32. The number of carbonyl (C=O) groups is 2. The minimum Gasteiger partial charge on any atom is -0.455 e. The van der Waals surface area contributed by atoms with Crippen molar-refractivity contribution in [3.8, 4) is 0 Å². The van der Waals surface area contributed by atoms with Gasteiger partial charge in [-0.3, -0.25) is 9.59 Å². The van der Waals surface area contributed by atoms with Crippen LogP contribution in [-0.4, -0.2) is 18.5 Å². The Morgan fingerprint density at radius 3 is 2.52 bits per heavy atom. The largest absolute Gasteiger partial charge is 0.455 e. The van der Waals surface area contributed by atoms with Crippen LogP contribution in [0.2, 0.25) is 10.0 Å². The Kier molecular flexibility index (Phi) is 6.85. The van der Waals surface area contributed by atoms with Gasteiger partial charge >= 0.3 is 5.97 Å². The standard InChI is InChI=1S/C19H19Cl2NO3/c1-12(2)15-5-3-4-6-17(15)22-18(23)11-25-19(24)9-13-7-8-14(20)10-16(13)21/h3-8,10,12H,9,11H2,1-2H3,(H,22,23). The smallest absolute Gasteiger partial charge is 0.310 e. The summed E-state index contributed by atoms with van der Waals surface area (Å²) >= 11 is 11.8. The molecule has 2 aromatic rings. The second-order valence-corrected chi connectivity index (χ2v) is 6.71. The van der Waals surface area contributed by atoms with Crippen LogP contribution in [0.1, 0.15) is 30.9 Å². The van der Waals surface area contributed by atoms with Gasteiger partial charge in [-0.15, -0.1) is 0 Å². The van der Waals surface area contributed by atoms with E-state index >= 15 is 0 Å².